The summed E-state index contributed by atoms with van der Waals surface area (Å²) in [6, 6.07) is 3.63. The van der Waals surface area contributed by atoms with Crippen LogP contribution in [0.5, 0.6) is 0 Å². The Kier molecular flexibility index (Phi) is 5.21. The van der Waals surface area contributed by atoms with E-state index in [0.717, 1.165) is 5.76 Å². The Morgan fingerprint density at radius 3 is 2.57 bits per heavy atom. The molecule has 2 heterocycles. The molecule has 0 aromatic carbocycles. The van der Waals surface area contributed by atoms with Gasteiger partial charge in [0.15, 0.2) is 0 Å². The molecule has 116 valence electrons. The van der Waals surface area contributed by atoms with Crippen LogP contribution in [0.2, 0.25) is 0 Å². The largest absolute Gasteiger partial charge is 0.480 e. The fourth-order valence-corrected chi connectivity index (χ4v) is 2.39. The second-order valence-corrected chi connectivity index (χ2v) is 5.03. The van der Waals surface area contributed by atoms with E-state index in [9.17, 15) is 9.59 Å². The predicted molar refractivity (Wildman–Crippen MR) is 75.8 cm³/mol. The van der Waals surface area contributed by atoms with Gasteiger partial charge in [0.1, 0.15) is 5.76 Å². The summed E-state index contributed by atoms with van der Waals surface area (Å²) in [5.41, 5.74) is 0. The van der Waals surface area contributed by atoms with E-state index < -0.39 is 5.97 Å². The Balaban J connectivity index is 1.86. The fourth-order valence-electron chi connectivity index (χ4n) is 2.39. The summed E-state index contributed by atoms with van der Waals surface area (Å²) >= 11 is 0. The maximum absolute atomic E-state index is 12.5. The van der Waals surface area contributed by atoms with Crippen LogP contribution in [0.15, 0.2) is 22.8 Å². The third-order valence-corrected chi connectivity index (χ3v) is 3.58. The normalized spacial score (nSPS) is 16.0. The standard InChI is InChI=1S/C14H21N3O4/c1-2-16(10-12-4-3-9-21-12)14(20)17-7-5-15(6-8-17)11-13(18)19/h3-4,9H,2,5-8,10-11H2,1H3,(H,18,19). The Hall–Kier alpha value is -2.02. The minimum atomic E-state index is -0.831. The number of nitrogens with zero attached hydrogens (tertiary/aromatic N) is 3. The Morgan fingerprint density at radius 1 is 1.33 bits per heavy atom. The highest BCUT2D eigenvalue weighted by molar-refractivity contribution is 5.74. The van der Waals surface area contributed by atoms with Crippen molar-refractivity contribution in [2.75, 3.05) is 39.3 Å². The minimum absolute atomic E-state index is 0.0242. The zero-order valence-corrected chi connectivity index (χ0v) is 12.2. The lowest BCUT2D eigenvalue weighted by atomic mass is 10.3. The predicted octanol–water partition coefficient (Wildman–Crippen LogP) is 0.924. The molecule has 0 bridgehead atoms. The molecule has 1 aromatic rings. The topological polar surface area (TPSA) is 77.2 Å². The van der Waals surface area contributed by atoms with Gasteiger partial charge in [-0.15, -0.1) is 0 Å². The first-order valence-electron chi connectivity index (χ1n) is 7.10. The molecule has 2 amide bonds. The first kappa shape index (κ1) is 15.4. The second kappa shape index (κ2) is 7.12. The van der Waals surface area contributed by atoms with Gasteiger partial charge in [0.2, 0.25) is 0 Å². The molecule has 0 unspecified atom stereocenters. The molecule has 0 saturated carbocycles. The van der Waals surface area contributed by atoms with Gasteiger partial charge in [0.05, 0.1) is 19.4 Å². The number of carboxylic acid groups (broad SMARTS) is 1. The third-order valence-electron chi connectivity index (χ3n) is 3.58. The highest BCUT2D eigenvalue weighted by Gasteiger charge is 2.25. The number of hydrogen-bond donors (Lipinski definition) is 1. The number of rotatable bonds is 5. The van der Waals surface area contributed by atoms with Crippen molar-refractivity contribution in [2.24, 2.45) is 0 Å². The summed E-state index contributed by atoms with van der Waals surface area (Å²) in [5, 5.41) is 8.77. The van der Waals surface area contributed by atoms with Crippen molar-refractivity contribution in [3.05, 3.63) is 24.2 Å². The number of piperazine rings is 1. The molecule has 21 heavy (non-hydrogen) atoms. The number of carbonyl (C=O) groups is 2. The quantitative estimate of drug-likeness (QED) is 0.874. The van der Waals surface area contributed by atoms with E-state index in [2.05, 4.69) is 0 Å². The van der Waals surface area contributed by atoms with E-state index in [1.165, 1.54) is 0 Å². The van der Waals surface area contributed by atoms with Crippen LogP contribution in [0.1, 0.15) is 12.7 Å². The zero-order valence-electron chi connectivity index (χ0n) is 12.2. The van der Waals surface area contributed by atoms with Gasteiger partial charge in [0.25, 0.3) is 0 Å². The van der Waals surface area contributed by atoms with E-state index in [1.807, 2.05) is 17.9 Å². The molecule has 1 aliphatic rings. The third kappa shape index (κ3) is 4.22. The van der Waals surface area contributed by atoms with Crippen molar-refractivity contribution < 1.29 is 19.1 Å². The molecule has 0 spiro atoms. The number of aliphatic carboxylic acids is 1. The summed E-state index contributed by atoms with van der Waals surface area (Å²) in [6.07, 6.45) is 1.60. The average Bonchev–Trinajstić information content (AvgIpc) is 2.97. The lowest BCUT2D eigenvalue weighted by Gasteiger charge is -2.36. The van der Waals surface area contributed by atoms with Crippen LogP contribution in [-0.2, 0) is 11.3 Å². The molecule has 1 aromatic heterocycles. The van der Waals surface area contributed by atoms with Crippen LogP contribution in [0.4, 0.5) is 4.79 Å². The number of amides is 2. The van der Waals surface area contributed by atoms with Crippen LogP contribution in [0, 0.1) is 0 Å². The van der Waals surface area contributed by atoms with Crippen molar-refractivity contribution in [1.82, 2.24) is 14.7 Å². The van der Waals surface area contributed by atoms with Gasteiger partial charge in [-0.3, -0.25) is 9.69 Å². The number of urea groups is 1. The molecule has 0 radical (unpaired) electrons. The van der Waals surface area contributed by atoms with Crippen LogP contribution >= 0.6 is 0 Å². The number of carbonyl (C=O) groups excluding carboxylic acids is 1. The molecule has 1 aliphatic heterocycles. The monoisotopic (exact) mass is 295 g/mol. The van der Waals surface area contributed by atoms with E-state index in [4.69, 9.17) is 9.52 Å². The smallest absolute Gasteiger partial charge is 0.320 e. The summed E-state index contributed by atoms with van der Waals surface area (Å²) in [4.78, 5) is 28.5. The molecule has 0 aliphatic carbocycles. The Morgan fingerprint density at radius 2 is 2.05 bits per heavy atom. The maximum Gasteiger partial charge on any atom is 0.320 e. The Bertz CT molecular complexity index is 467. The first-order chi connectivity index (χ1) is 10.1. The molecule has 1 fully saturated rings. The van der Waals surface area contributed by atoms with Crippen LogP contribution in [0.3, 0.4) is 0 Å². The Labute approximate surface area is 123 Å². The molecule has 7 heteroatoms. The van der Waals surface area contributed by atoms with E-state index in [1.54, 1.807) is 22.1 Å². The molecular formula is C14H21N3O4. The molecule has 1 saturated heterocycles. The fraction of sp³-hybridized carbons (Fsp3) is 0.571. The van der Waals surface area contributed by atoms with Gasteiger partial charge in [-0.2, -0.15) is 0 Å². The van der Waals surface area contributed by atoms with Crippen LogP contribution in [0.25, 0.3) is 0 Å². The summed E-state index contributed by atoms with van der Waals surface area (Å²) in [7, 11) is 0. The number of furan rings is 1. The van der Waals surface area contributed by atoms with Crippen molar-refractivity contribution >= 4 is 12.0 Å². The highest BCUT2D eigenvalue weighted by atomic mass is 16.4. The van der Waals surface area contributed by atoms with Crippen molar-refractivity contribution in [3.63, 3.8) is 0 Å². The lowest BCUT2D eigenvalue weighted by Crippen LogP contribution is -2.53. The first-order valence-corrected chi connectivity index (χ1v) is 7.10. The molecular weight excluding hydrogens is 274 g/mol. The van der Waals surface area contributed by atoms with Crippen molar-refractivity contribution in [2.45, 2.75) is 13.5 Å². The van der Waals surface area contributed by atoms with Gasteiger partial charge in [-0.25, -0.2) is 4.79 Å². The van der Waals surface area contributed by atoms with Crippen LogP contribution in [-0.4, -0.2) is 71.1 Å². The van der Waals surface area contributed by atoms with Gasteiger partial charge >= 0.3 is 12.0 Å². The summed E-state index contributed by atoms with van der Waals surface area (Å²) < 4.78 is 5.28. The van der Waals surface area contributed by atoms with E-state index in [-0.39, 0.29) is 12.6 Å². The molecule has 0 atom stereocenters. The summed E-state index contributed by atoms with van der Waals surface area (Å²) in [6.45, 7) is 5.33. The molecule has 1 N–H and O–H groups in total. The van der Waals surface area contributed by atoms with Crippen molar-refractivity contribution in [3.8, 4) is 0 Å². The van der Waals surface area contributed by atoms with E-state index >= 15 is 0 Å². The van der Waals surface area contributed by atoms with E-state index in [0.29, 0.717) is 39.3 Å². The molecule has 7 nitrogen and oxygen atoms in total. The SMILES string of the molecule is CCN(Cc1ccco1)C(=O)N1CCN(CC(=O)O)CC1. The lowest BCUT2D eigenvalue weighted by molar-refractivity contribution is -0.138. The van der Waals surface area contributed by atoms with Gasteiger partial charge in [-0.05, 0) is 19.1 Å². The maximum atomic E-state index is 12.5. The van der Waals surface area contributed by atoms with Gasteiger partial charge in [0, 0.05) is 32.7 Å². The van der Waals surface area contributed by atoms with Gasteiger partial charge in [-0.1, -0.05) is 0 Å². The number of carboxylic acids is 1. The minimum Gasteiger partial charge on any atom is -0.480 e. The number of hydrogen-bond acceptors (Lipinski definition) is 4. The summed E-state index contributed by atoms with van der Waals surface area (Å²) in [5.74, 6) is -0.0718. The molecule has 2 rings (SSSR count). The van der Waals surface area contributed by atoms with Crippen LogP contribution < -0.4 is 0 Å². The second-order valence-electron chi connectivity index (χ2n) is 5.03. The average molecular weight is 295 g/mol. The van der Waals surface area contributed by atoms with Gasteiger partial charge < -0.3 is 19.3 Å². The van der Waals surface area contributed by atoms with Crippen molar-refractivity contribution in [1.29, 1.82) is 0 Å². The zero-order chi connectivity index (χ0) is 15.2. The highest BCUT2D eigenvalue weighted by Crippen LogP contribution is 2.10.